The van der Waals surface area contributed by atoms with Gasteiger partial charge in [-0.1, -0.05) is 20.8 Å². The molecular weight excluding hydrogens is 172 g/mol. The van der Waals surface area contributed by atoms with Crippen LogP contribution in [0.5, 0.6) is 0 Å². The van der Waals surface area contributed by atoms with Crippen LogP contribution in [0.4, 0.5) is 0 Å². The van der Waals surface area contributed by atoms with Gasteiger partial charge in [-0.25, -0.2) is 10.1 Å². The minimum absolute atomic E-state index is 0.0258. The summed E-state index contributed by atoms with van der Waals surface area (Å²) in [6.07, 6.45) is 0.655. The number of carbonyl (C=O) groups excluding carboxylic acids is 1. The Hall–Kier alpha value is -0.610. The molecule has 0 fully saturated rings. The molecule has 0 rings (SSSR count). The summed E-state index contributed by atoms with van der Waals surface area (Å²) in [5, 5.41) is 11.3. The third kappa shape index (κ3) is 4.85. The van der Waals surface area contributed by atoms with E-state index in [0.717, 1.165) is 0 Å². The largest absolute Gasteiger partial charge is 0.351 e. The lowest BCUT2D eigenvalue weighted by atomic mass is 9.76. The number of hydrogen-bond acceptors (Lipinski definition) is 4. The molecule has 0 amide bonds. The molecule has 0 aliphatic carbocycles. The molecule has 0 spiro atoms. The smallest absolute Gasteiger partial charge is 0.268 e. The maximum absolute atomic E-state index is 11.2. The Morgan fingerprint density at radius 3 is 2.00 bits per heavy atom. The van der Waals surface area contributed by atoms with Gasteiger partial charge >= 0.3 is 5.97 Å². The molecule has 0 aromatic carbocycles. The van der Waals surface area contributed by atoms with Crippen LogP contribution in [0.3, 0.4) is 0 Å². The van der Waals surface area contributed by atoms with Crippen LogP contribution in [0.2, 0.25) is 0 Å². The lowest BCUT2D eigenvalue weighted by Gasteiger charge is -2.28. The van der Waals surface area contributed by atoms with Crippen LogP contribution in [-0.2, 0) is 14.7 Å². The molecule has 4 heteroatoms. The van der Waals surface area contributed by atoms with E-state index in [0.29, 0.717) is 6.42 Å². The van der Waals surface area contributed by atoms with Crippen LogP contribution >= 0.6 is 0 Å². The van der Waals surface area contributed by atoms with Gasteiger partial charge in [0.1, 0.15) is 0 Å². The van der Waals surface area contributed by atoms with Gasteiger partial charge in [-0.15, -0.1) is 0 Å². The van der Waals surface area contributed by atoms with Crippen LogP contribution < -0.4 is 0 Å². The van der Waals surface area contributed by atoms with E-state index in [4.69, 9.17) is 5.26 Å². The first-order valence-electron chi connectivity index (χ1n) is 4.21. The second kappa shape index (κ2) is 4.07. The van der Waals surface area contributed by atoms with E-state index >= 15 is 0 Å². The molecule has 0 aliphatic rings. The maximum Gasteiger partial charge on any atom is 0.351 e. The van der Waals surface area contributed by atoms with E-state index in [1.54, 1.807) is 13.8 Å². The Bertz CT molecular complexity index is 179. The van der Waals surface area contributed by atoms with Crippen molar-refractivity contribution >= 4 is 5.97 Å². The monoisotopic (exact) mass is 190 g/mol. The van der Waals surface area contributed by atoms with E-state index in [1.807, 2.05) is 20.8 Å². The first-order valence-corrected chi connectivity index (χ1v) is 4.21. The van der Waals surface area contributed by atoms with Crippen LogP contribution in [-0.4, -0.2) is 11.2 Å². The highest BCUT2D eigenvalue weighted by Crippen LogP contribution is 2.33. The molecule has 13 heavy (non-hydrogen) atoms. The molecule has 0 aliphatic heterocycles. The fraction of sp³-hybridized carbons (Fsp3) is 0.889. The molecule has 78 valence electrons. The van der Waals surface area contributed by atoms with Gasteiger partial charge < -0.3 is 0 Å². The van der Waals surface area contributed by atoms with Crippen molar-refractivity contribution in [3.63, 3.8) is 0 Å². The zero-order valence-electron chi connectivity index (χ0n) is 8.88. The molecule has 4 nitrogen and oxygen atoms in total. The third-order valence-electron chi connectivity index (χ3n) is 1.64. The molecule has 0 radical (unpaired) electrons. The average Bonchev–Trinajstić information content (AvgIpc) is 1.82. The third-order valence-corrected chi connectivity index (χ3v) is 1.64. The summed E-state index contributed by atoms with van der Waals surface area (Å²) in [5.41, 5.74) is -0.626. The Morgan fingerprint density at radius 2 is 1.69 bits per heavy atom. The topological polar surface area (TPSA) is 55.8 Å². The molecule has 0 unspecified atom stereocenters. The van der Waals surface area contributed by atoms with Crippen LogP contribution in [0.25, 0.3) is 0 Å². The predicted octanol–water partition coefficient (Wildman–Crippen LogP) is 2.40. The molecule has 1 N–H and O–H groups in total. The van der Waals surface area contributed by atoms with Gasteiger partial charge in [0.25, 0.3) is 0 Å². The highest BCUT2D eigenvalue weighted by molar-refractivity contribution is 5.75. The number of carbonyl (C=O) groups is 1. The highest BCUT2D eigenvalue weighted by Gasteiger charge is 2.34. The first-order chi connectivity index (χ1) is 5.69. The van der Waals surface area contributed by atoms with Gasteiger partial charge in [0.15, 0.2) is 0 Å². The second-order valence-corrected chi connectivity index (χ2v) is 5.07. The van der Waals surface area contributed by atoms with E-state index in [-0.39, 0.29) is 5.41 Å². The molecule has 0 saturated carbocycles. The average molecular weight is 190 g/mol. The Labute approximate surface area is 78.7 Å². The molecule has 0 bridgehead atoms. The summed E-state index contributed by atoms with van der Waals surface area (Å²) in [4.78, 5) is 15.3. The fourth-order valence-electron chi connectivity index (χ4n) is 1.54. The Kier molecular flexibility index (Phi) is 3.88. The molecule has 0 saturated heterocycles. The van der Waals surface area contributed by atoms with Gasteiger partial charge in [0.2, 0.25) is 0 Å². The normalized spacial score (nSPS) is 12.8. The van der Waals surface area contributed by atoms with Crippen molar-refractivity contribution in [1.82, 2.24) is 0 Å². The van der Waals surface area contributed by atoms with Crippen LogP contribution in [0, 0.1) is 10.8 Å². The van der Waals surface area contributed by atoms with Crippen molar-refractivity contribution in [2.24, 2.45) is 10.8 Å². The van der Waals surface area contributed by atoms with Gasteiger partial charge in [-0.05, 0) is 30.7 Å². The van der Waals surface area contributed by atoms with E-state index in [2.05, 4.69) is 9.93 Å². The number of hydrogen-bond donors (Lipinski definition) is 1. The zero-order valence-corrected chi connectivity index (χ0v) is 8.88. The van der Waals surface area contributed by atoms with Gasteiger partial charge in [0.05, 0.1) is 5.41 Å². The van der Waals surface area contributed by atoms with E-state index in [1.165, 1.54) is 0 Å². The minimum atomic E-state index is -0.652. The van der Waals surface area contributed by atoms with E-state index < -0.39 is 11.4 Å². The zero-order chi connectivity index (χ0) is 10.7. The molecule has 0 heterocycles. The van der Waals surface area contributed by atoms with Crippen molar-refractivity contribution in [3.8, 4) is 0 Å². The van der Waals surface area contributed by atoms with Crippen molar-refractivity contribution in [1.29, 1.82) is 0 Å². The SMILES string of the molecule is CC(C)(C)CC(C)(C)C(=O)OOO. The second-order valence-electron chi connectivity index (χ2n) is 5.07. The molecule has 0 atom stereocenters. The predicted molar refractivity (Wildman–Crippen MR) is 47.7 cm³/mol. The Morgan fingerprint density at radius 1 is 1.23 bits per heavy atom. The first kappa shape index (κ1) is 12.4. The van der Waals surface area contributed by atoms with Crippen molar-refractivity contribution < 1.29 is 20.0 Å². The van der Waals surface area contributed by atoms with Gasteiger partial charge in [0, 0.05) is 0 Å². The molecule has 0 aromatic rings. The molecule has 0 aromatic heterocycles. The number of rotatable bonds is 3. The summed E-state index contributed by atoms with van der Waals surface area (Å²) in [6, 6.07) is 0. The van der Waals surface area contributed by atoms with Gasteiger partial charge in [-0.3, -0.25) is 4.89 Å². The minimum Gasteiger partial charge on any atom is -0.268 e. The lowest BCUT2D eigenvalue weighted by molar-refractivity contribution is -0.465. The van der Waals surface area contributed by atoms with Crippen molar-refractivity contribution in [2.75, 3.05) is 0 Å². The van der Waals surface area contributed by atoms with Crippen molar-refractivity contribution in [3.05, 3.63) is 0 Å². The maximum atomic E-state index is 11.2. The van der Waals surface area contributed by atoms with Gasteiger partial charge in [-0.2, -0.15) is 0 Å². The lowest BCUT2D eigenvalue weighted by Crippen LogP contribution is -2.31. The van der Waals surface area contributed by atoms with Crippen molar-refractivity contribution in [2.45, 2.75) is 41.0 Å². The standard InChI is InChI=1S/C9H18O4/c1-8(2,3)6-9(4,5)7(10)12-13-11/h11H,6H2,1-5H3. The summed E-state index contributed by atoms with van der Waals surface area (Å²) in [5.74, 6) is -0.565. The summed E-state index contributed by atoms with van der Waals surface area (Å²) in [7, 11) is 0. The van der Waals surface area contributed by atoms with E-state index in [9.17, 15) is 4.79 Å². The quantitative estimate of drug-likeness (QED) is 0.548. The Balaban J connectivity index is 4.30. The summed E-state index contributed by atoms with van der Waals surface area (Å²) < 4.78 is 0. The van der Waals surface area contributed by atoms with Crippen LogP contribution in [0.1, 0.15) is 41.0 Å². The van der Waals surface area contributed by atoms with Crippen LogP contribution in [0.15, 0.2) is 0 Å². The summed E-state index contributed by atoms with van der Waals surface area (Å²) >= 11 is 0. The molecular formula is C9H18O4. The fourth-order valence-corrected chi connectivity index (χ4v) is 1.54. The summed E-state index contributed by atoms with van der Waals surface area (Å²) in [6.45, 7) is 9.59. The highest BCUT2D eigenvalue weighted by atomic mass is 17.5.